The van der Waals surface area contributed by atoms with Gasteiger partial charge in [0.15, 0.2) is 0 Å². The molecule has 4 nitrogen and oxygen atoms in total. The summed E-state index contributed by atoms with van der Waals surface area (Å²) in [7, 11) is 3.28. The van der Waals surface area contributed by atoms with Gasteiger partial charge in [-0.15, -0.1) is 0 Å². The van der Waals surface area contributed by atoms with Gasteiger partial charge in [-0.1, -0.05) is 12.2 Å². The number of nitrogens with zero attached hydrogens (tertiary/aromatic N) is 2. The average Bonchev–Trinajstić information content (AvgIpc) is 2.55. The fourth-order valence-corrected chi connectivity index (χ4v) is 2.48. The number of benzene rings is 2. The number of hydrogen-bond acceptors (Lipinski definition) is 4. The number of aromatic nitrogens is 2. The van der Waals surface area contributed by atoms with E-state index in [-0.39, 0.29) is 0 Å². The molecule has 5 heteroatoms. The molecule has 0 aliphatic rings. The molecule has 0 N–H and O–H groups in total. The highest BCUT2D eigenvalue weighted by molar-refractivity contribution is 7.71. The van der Waals surface area contributed by atoms with Crippen LogP contribution in [-0.2, 0) is 0 Å². The van der Waals surface area contributed by atoms with Crippen molar-refractivity contribution >= 4 is 23.1 Å². The Labute approximate surface area is 127 Å². The molecule has 0 aliphatic heterocycles. The van der Waals surface area contributed by atoms with Crippen molar-refractivity contribution in [1.82, 2.24) is 9.55 Å². The molecule has 1 heterocycles. The van der Waals surface area contributed by atoms with Crippen molar-refractivity contribution in [1.29, 1.82) is 0 Å². The molecular weight excluding hydrogens is 284 g/mol. The predicted molar refractivity (Wildman–Crippen MR) is 85.0 cm³/mol. The van der Waals surface area contributed by atoms with E-state index in [0.29, 0.717) is 4.64 Å². The van der Waals surface area contributed by atoms with Gasteiger partial charge < -0.3 is 9.47 Å². The van der Waals surface area contributed by atoms with Gasteiger partial charge in [0.2, 0.25) is 0 Å². The Morgan fingerprint density at radius 2 is 1.62 bits per heavy atom. The number of rotatable bonds is 3. The van der Waals surface area contributed by atoms with Crippen LogP contribution in [0.25, 0.3) is 16.6 Å². The molecule has 21 heavy (non-hydrogen) atoms. The molecule has 3 rings (SSSR count). The Kier molecular flexibility index (Phi) is 3.58. The third-order valence-corrected chi connectivity index (χ3v) is 3.73. The molecule has 0 atom stereocenters. The molecule has 0 fully saturated rings. The maximum atomic E-state index is 5.57. The van der Waals surface area contributed by atoms with Crippen molar-refractivity contribution in [3.05, 3.63) is 53.4 Å². The van der Waals surface area contributed by atoms with E-state index in [4.69, 9.17) is 21.7 Å². The molecule has 2 aromatic carbocycles. The third-order valence-electron chi connectivity index (χ3n) is 3.32. The number of fused-ring (bicyclic) bond motifs is 1. The molecule has 0 spiro atoms. The lowest BCUT2D eigenvalue weighted by atomic mass is 10.2. The van der Waals surface area contributed by atoms with Crippen molar-refractivity contribution in [3.8, 4) is 17.2 Å². The average molecular weight is 298 g/mol. The van der Waals surface area contributed by atoms with E-state index in [2.05, 4.69) is 4.98 Å². The van der Waals surface area contributed by atoms with E-state index in [1.54, 1.807) is 20.5 Å². The molecule has 0 bridgehead atoms. The Balaban J connectivity index is 2.15. The fraction of sp³-hybridized carbons (Fsp3) is 0.125. The van der Waals surface area contributed by atoms with Gasteiger partial charge in [0, 0.05) is 17.1 Å². The van der Waals surface area contributed by atoms with Gasteiger partial charge in [0.25, 0.3) is 0 Å². The molecule has 0 saturated heterocycles. The van der Waals surface area contributed by atoms with Crippen LogP contribution in [-0.4, -0.2) is 23.8 Å². The molecule has 3 aromatic rings. The molecule has 0 unspecified atom stereocenters. The van der Waals surface area contributed by atoms with E-state index in [9.17, 15) is 0 Å². The van der Waals surface area contributed by atoms with Gasteiger partial charge >= 0.3 is 0 Å². The molecule has 1 aromatic heterocycles. The van der Waals surface area contributed by atoms with Crippen molar-refractivity contribution < 1.29 is 9.47 Å². The highest BCUT2D eigenvalue weighted by Gasteiger charge is 2.04. The fourth-order valence-electron chi connectivity index (χ4n) is 2.15. The van der Waals surface area contributed by atoms with Gasteiger partial charge in [-0.2, -0.15) is 0 Å². The second-order valence-electron chi connectivity index (χ2n) is 4.50. The van der Waals surface area contributed by atoms with Gasteiger partial charge in [-0.05, 0) is 36.4 Å². The first-order valence-electron chi connectivity index (χ1n) is 6.43. The zero-order chi connectivity index (χ0) is 14.8. The van der Waals surface area contributed by atoms with Gasteiger partial charge in [0.1, 0.15) is 22.5 Å². The topological polar surface area (TPSA) is 36.3 Å². The predicted octanol–water partition coefficient (Wildman–Crippen LogP) is 3.77. The normalized spacial score (nSPS) is 10.6. The van der Waals surface area contributed by atoms with Crippen molar-refractivity contribution in [2.45, 2.75) is 0 Å². The molecule has 106 valence electrons. The second kappa shape index (κ2) is 5.54. The van der Waals surface area contributed by atoms with Crippen LogP contribution in [0.15, 0.2) is 48.8 Å². The smallest absolute Gasteiger partial charge is 0.121 e. The first kappa shape index (κ1) is 13.6. The van der Waals surface area contributed by atoms with Crippen LogP contribution >= 0.6 is 12.2 Å². The quantitative estimate of drug-likeness (QED) is 0.690. The van der Waals surface area contributed by atoms with E-state index >= 15 is 0 Å². The molecule has 0 aliphatic carbocycles. The zero-order valence-corrected chi connectivity index (χ0v) is 12.6. The Hall–Kier alpha value is -2.40. The van der Waals surface area contributed by atoms with Crippen LogP contribution in [0, 0.1) is 4.64 Å². The highest BCUT2D eigenvalue weighted by atomic mass is 32.1. The van der Waals surface area contributed by atoms with Crippen molar-refractivity contribution in [2.75, 3.05) is 14.2 Å². The van der Waals surface area contributed by atoms with Crippen LogP contribution in [0.5, 0.6) is 11.5 Å². The maximum Gasteiger partial charge on any atom is 0.121 e. The largest absolute Gasteiger partial charge is 0.497 e. The summed E-state index contributed by atoms with van der Waals surface area (Å²) >= 11 is 5.57. The highest BCUT2D eigenvalue weighted by Crippen LogP contribution is 2.22. The first-order valence-corrected chi connectivity index (χ1v) is 6.83. The van der Waals surface area contributed by atoms with Gasteiger partial charge in [0.05, 0.1) is 19.7 Å². The monoisotopic (exact) mass is 298 g/mol. The summed E-state index contributed by atoms with van der Waals surface area (Å²) in [5.74, 6) is 1.58. The van der Waals surface area contributed by atoms with E-state index in [1.807, 2.05) is 47.0 Å². The number of ether oxygens (including phenoxy) is 2. The van der Waals surface area contributed by atoms with Crippen molar-refractivity contribution in [3.63, 3.8) is 0 Å². The molecule has 0 radical (unpaired) electrons. The summed E-state index contributed by atoms with van der Waals surface area (Å²) in [6.07, 6.45) is 1.73. The van der Waals surface area contributed by atoms with Crippen LogP contribution in [0.2, 0.25) is 0 Å². The summed E-state index contributed by atoms with van der Waals surface area (Å²) in [6.45, 7) is 0. The Morgan fingerprint density at radius 1 is 0.952 bits per heavy atom. The Bertz CT molecular complexity index is 841. The lowest BCUT2D eigenvalue weighted by Gasteiger charge is -2.10. The van der Waals surface area contributed by atoms with Crippen LogP contribution in [0.1, 0.15) is 0 Å². The van der Waals surface area contributed by atoms with E-state index < -0.39 is 0 Å². The summed E-state index contributed by atoms with van der Waals surface area (Å²) in [5.41, 5.74) is 1.77. The van der Waals surface area contributed by atoms with Gasteiger partial charge in [-0.25, -0.2) is 4.98 Å². The lowest BCUT2D eigenvalue weighted by molar-refractivity contribution is 0.414. The maximum absolute atomic E-state index is 5.57. The molecule has 0 saturated carbocycles. The minimum absolute atomic E-state index is 0.716. The lowest BCUT2D eigenvalue weighted by Crippen LogP contribution is -1.99. The molecule has 0 amide bonds. The number of hydrogen-bond donors (Lipinski definition) is 0. The first-order chi connectivity index (χ1) is 10.2. The SMILES string of the molecule is COc1ccc(-n2cnc3cc(OC)ccc3c2=S)cc1. The summed E-state index contributed by atoms with van der Waals surface area (Å²) in [5, 5.41) is 0.920. The number of methoxy groups -OCH3 is 2. The molecular formula is C16H14N2O2S. The standard InChI is InChI=1S/C16H14N2O2S/c1-19-12-5-3-11(4-6-12)18-10-17-15-9-13(20-2)7-8-14(15)16(18)21/h3-10H,1-2H3. The minimum atomic E-state index is 0.716. The van der Waals surface area contributed by atoms with Crippen LogP contribution in [0.4, 0.5) is 0 Å². The third kappa shape index (κ3) is 2.48. The van der Waals surface area contributed by atoms with Crippen LogP contribution in [0.3, 0.4) is 0 Å². The Morgan fingerprint density at radius 3 is 2.29 bits per heavy atom. The minimum Gasteiger partial charge on any atom is -0.497 e. The van der Waals surface area contributed by atoms with Gasteiger partial charge in [-0.3, -0.25) is 4.57 Å². The summed E-state index contributed by atoms with van der Waals surface area (Å²) in [4.78, 5) is 4.45. The summed E-state index contributed by atoms with van der Waals surface area (Å²) < 4.78 is 13.0. The second-order valence-corrected chi connectivity index (χ2v) is 4.89. The van der Waals surface area contributed by atoms with Crippen molar-refractivity contribution in [2.24, 2.45) is 0 Å². The summed E-state index contributed by atoms with van der Waals surface area (Å²) in [6, 6.07) is 13.4. The van der Waals surface area contributed by atoms with Crippen LogP contribution < -0.4 is 9.47 Å². The van der Waals surface area contributed by atoms with E-state index in [1.165, 1.54) is 0 Å². The zero-order valence-electron chi connectivity index (χ0n) is 11.7. The van der Waals surface area contributed by atoms with E-state index in [0.717, 1.165) is 28.1 Å².